The number of ether oxygens (including phenoxy) is 2. The van der Waals surface area contributed by atoms with Gasteiger partial charge in [0.25, 0.3) is 0 Å². The van der Waals surface area contributed by atoms with Gasteiger partial charge in [-0.3, -0.25) is 4.79 Å². The summed E-state index contributed by atoms with van der Waals surface area (Å²) in [5.41, 5.74) is 1.06. The van der Waals surface area contributed by atoms with E-state index >= 15 is 0 Å². The second kappa shape index (κ2) is 14.3. The highest BCUT2D eigenvalue weighted by Gasteiger charge is 2.40. The van der Waals surface area contributed by atoms with E-state index in [4.69, 9.17) is 9.47 Å². The van der Waals surface area contributed by atoms with Gasteiger partial charge in [-0.1, -0.05) is 31.2 Å². The van der Waals surface area contributed by atoms with E-state index in [1.807, 2.05) is 50.3 Å². The second-order valence-corrected chi connectivity index (χ2v) is 8.82. The third kappa shape index (κ3) is 9.29. The van der Waals surface area contributed by atoms with Crippen molar-refractivity contribution in [2.75, 3.05) is 13.2 Å². The topological polar surface area (TPSA) is 76.0 Å². The van der Waals surface area contributed by atoms with Crippen LogP contribution in [-0.2, 0) is 9.53 Å². The normalized spacial score (nSPS) is 24.0. The molecule has 0 unspecified atom stereocenters. The Kier molecular flexibility index (Phi) is 11.7. The minimum Gasteiger partial charge on any atom is -0.491 e. The molecule has 5 atom stereocenters. The van der Waals surface area contributed by atoms with Crippen LogP contribution in [0.5, 0.6) is 5.75 Å². The summed E-state index contributed by atoms with van der Waals surface area (Å²) >= 11 is 0. The van der Waals surface area contributed by atoms with Gasteiger partial charge in [0.2, 0.25) is 0 Å². The quantitative estimate of drug-likeness (QED) is 0.239. The van der Waals surface area contributed by atoms with E-state index in [0.29, 0.717) is 44.5 Å². The number of aliphatic hydroxyl groups is 2. The van der Waals surface area contributed by atoms with Gasteiger partial charge in [-0.05, 0) is 81.4 Å². The molecule has 1 fully saturated rings. The van der Waals surface area contributed by atoms with Gasteiger partial charge in [-0.2, -0.15) is 0 Å². The summed E-state index contributed by atoms with van der Waals surface area (Å²) in [6.07, 6.45) is 6.20. The van der Waals surface area contributed by atoms with E-state index in [0.717, 1.165) is 24.8 Å². The molecular formula is C26H39FO5. The maximum Gasteiger partial charge on any atom is 0.305 e. The van der Waals surface area contributed by atoms with Gasteiger partial charge in [-0.15, -0.1) is 0 Å². The monoisotopic (exact) mass is 450 g/mol. The number of hydrogen-bond acceptors (Lipinski definition) is 5. The standard InChI is InChI=1S/C26H39FO5/c1-3-15-31-26(30)12-7-5-4-6-11-22-23(25(29)17-24(22)28)14-13-20(27)18-32-21-10-8-9-19(2)16-21/h4,6,8-10,16,20,22-25,28-29H,3,5,7,11-15,17-18H2,1-2H3/b6-4-/t20-,22-,23-,24+,25-/m1/s1. The predicted octanol–water partition coefficient (Wildman–Crippen LogP) is 4.92. The summed E-state index contributed by atoms with van der Waals surface area (Å²) < 4.78 is 25.0. The molecule has 1 aliphatic carbocycles. The van der Waals surface area contributed by atoms with E-state index in [2.05, 4.69) is 0 Å². The Balaban J connectivity index is 1.71. The lowest BCUT2D eigenvalue weighted by Crippen LogP contribution is -2.24. The number of hydrogen-bond donors (Lipinski definition) is 2. The van der Waals surface area contributed by atoms with E-state index in [1.165, 1.54) is 0 Å². The van der Waals surface area contributed by atoms with Gasteiger partial charge in [0.1, 0.15) is 18.5 Å². The summed E-state index contributed by atoms with van der Waals surface area (Å²) in [5, 5.41) is 20.7. The van der Waals surface area contributed by atoms with E-state index < -0.39 is 18.4 Å². The molecule has 0 amide bonds. The Hall–Kier alpha value is -1.92. The molecule has 0 bridgehead atoms. The molecule has 1 saturated carbocycles. The molecule has 0 aliphatic heterocycles. The van der Waals surface area contributed by atoms with Crippen LogP contribution in [0.4, 0.5) is 4.39 Å². The third-order valence-corrected chi connectivity index (χ3v) is 6.05. The van der Waals surface area contributed by atoms with Gasteiger partial charge in [-0.25, -0.2) is 4.39 Å². The molecule has 1 aliphatic rings. The first-order chi connectivity index (χ1) is 15.4. The Bertz CT molecular complexity index is 707. The highest BCUT2D eigenvalue weighted by atomic mass is 19.1. The van der Waals surface area contributed by atoms with Crippen molar-refractivity contribution in [2.24, 2.45) is 11.8 Å². The highest BCUT2D eigenvalue weighted by Crippen LogP contribution is 2.38. The number of aryl methyl sites for hydroxylation is 1. The van der Waals surface area contributed by atoms with Crippen molar-refractivity contribution in [3.05, 3.63) is 42.0 Å². The summed E-state index contributed by atoms with van der Waals surface area (Å²) in [4.78, 5) is 11.5. The van der Waals surface area contributed by atoms with Gasteiger partial charge in [0.05, 0.1) is 18.8 Å². The van der Waals surface area contributed by atoms with Gasteiger partial charge >= 0.3 is 5.97 Å². The summed E-state index contributed by atoms with van der Waals surface area (Å²) in [7, 11) is 0. The first kappa shape index (κ1) is 26.3. The van der Waals surface area contributed by atoms with Crippen molar-refractivity contribution in [3.8, 4) is 5.75 Å². The molecule has 6 heteroatoms. The summed E-state index contributed by atoms with van der Waals surface area (Å²) in [6, 6.07) is 7.53. The molecule has 0 spiro atoms. The largest absolute Gasteiger partial charge is 0.491 e. The predicted molar refractivity (Wildman–Crippen MR) is 123 cm³/mol. The van der Waals surface area contributed by atoms with Crippen LogP contribution in [0.3, 0.4) is 0 Å². The van der Waals surface area contributed by atoms with E-state index in [1.54, 1.807) is 0 Å². The van der Waals surface area contributed by atoms with Crippen molar-refractivity contribution in [1.29, 1.82) is 0 Å². The van der Waals surface area contributed by atoms with Crippen molar-refractivity contribution >= 4 is 5.97 Å². The van der Waals surface area contributed by atoms with Crippen LogP contribution in [-0.4, -0.2) is 47.8 Å². The van der Waals surface area contributed by atoms with Crippen molar-refractivity contribution < 1.29 is 28.9 Å². The molecule has 32 heavy (non-hydrogen) atoms. The molecule has 5 nitrogen and oxygen atoms in total. The number of esters is 1. The first-order valence-corrected chi connectivity index (χ1v) is 11.9. The lowest BCUT2D eigenvalue weighted by atomic mass is 9.86. The number of carbonyl (C=O) groups excluding carboxylic acids is 1. The molecule has 2 rings (SSSR count). The Labute approximate surface area is 191 Å². The SMILES string of the molecule is CCCOC(=O)CCC/C=C\C[C@@H]1[C@@H](CC[C@@H](F)COc2cccc(C)c2)[C@H](O)C[C@@H]1O. The number of aliphatic hydroxyl groups excluding tert-OH is 2. The van der Waals surface area contributed by atoms with E-state index in [-0.39, 0.29) is 24.4 Å². The van der Waals surface area contributed by atoms with Crippen LogP contribution in [0.1, 0.15) is 63.9 Å². The Morgan fingerprint density at radius 2 is 2.03 bits per heavy atom. The zero-order chi connectivity index (χ0) is 23.3. The molecule has 1 aromatic rings. The van der Waals surface area contributed by atoms with Crippen molar-refractivity contribution in [2.45, 2.75) is 83.6 Å². The number of allylic oxidation sites excluding steroid dienone is 2. The number of halogens is 1. The van der Waals surface area contributed by atoms with Crippen LogP contribution >= 0.6 is 0 Å². The average molecular weight is 451 g/mol. The third-order valence-electron chi connectivity index (χ3n) is 6.05. The highest BCUT2D eigenvalue weighted by molar-refractivity contribution is 5.69. The molecule has 0 heterocycles. The van der Waals surface area contributed by atoms with Crippen molar-refractivity contribution in [3.63, 3.8) is 0 Å². The fourth-order valence-corrected chi connectivity index (χ4v) is 4.28. The fourth-order valence-electron chi connectivity index (χ4n) is 4.28. The van der Waals surface area contributed by atoms with Crippen LogP contribution in [0.25, 0.3) is 0 Å². The molecule has 0 aromatic heterocycles. The maximum atomic E-state index is 14.4. The zero-order valence-corrected chi connectivity index (χ0v) is 19.4. The lowest BCUT2D eigenvalue weighted by molar-refractivity contribution is -0.143. The van der Waals surface area contributed by atoms with E-state index in [9.17, 15) is 19.4 Å². The Morgan fingerprint density at radius 1 is 1.25 bits per heavy atom. The number of rotatable bonds is 14. The molecule has 1 aromatic carbocycles. The average Bonchev–Trinajstić information content (AvgIpc) is 3.03. The first-order valence-electron chi connectivity index (χ1n) is 11.9. The van der Waals surface area contributed by atoms with Crippen LogP contribution in [0.2, 0.25) is 0 Å². The van der Waals surface area contributed by atoms with Crippen LogP contribution < -0.4 is 4.74 Å². The number of benzene rings is 1. The molecule has 2 N–H and O–H groups in total. The smallest absolute Gasteiger partial charge is 0.305 e. The molecule has 0 radical (unpaired) electrons. The molecule has 180 valence electrons. The fraction of sp³-hybridized carbons (Fsp3) is 0.654. The van der Waals surface area contributed by atoms with Crippen LogP contribution in [0.15, 0.2) is 36.4 Å². The summed E-state index contributed by atoms with van der Waals surface area (Å²) in [5.74, 6) is 0.281. The van der Waals surface area contributed by atoms with Gasteiger partial charge in [0, 0.05) is 6.42 Å². The van der Waals surface area contributed by atoms with Crippen molar-refractivity contribution in [1.82, 2.24) is 0 Å². The second-order valence-electron chi connectivity index (χ2n) is 8.82. The van der Waals surface area contributed by atoms with Gasteiger partial charge < -0.3 is 19.7 Å². The zero-order valence-electron chi connectivity index (χ0n) is 19.4. The Morgan fingerprint density at radius 3 is 2.78 bits per heavy atom. The maximum absolute atomic E-state index is 14.4. The summed E-state index contributed by atoms with van der Waals surface area (Å²) in [6.45, 7) is 4.38. The molecule has 0 saturated heterocycles. The number of carbonyl (C=O) groups is 1. The lowest BCUT2D eigenvalue weighted by Gasteiger charge is -2.23. The minimum atomic E-state index is -1.12. The van der Waals surface area contributed by atoms with Gasteiger partial charge in [0.15, 0.2) is 0 Å². The molecular weight excluding hydrogens is 411 g/mol. The minimum absolute atomic E-state index is 0.0138. The number of unbranched alkanes of at least 4 members (excludes halogenated alkanes) is 1. The number of alkyl halides is 1. The van der Waals surface area contributed by atoms with Crippen LogP contribution in [0, 0.1) is 18.8 Å².